The summed E-state index contributed by atoms with van der Waals surface area (Å²) in [5.41, 5.74) is 4.34. The molecule has 1 aromatic carbocycles. The molecule has 0 saturated heterocycles. The molecule has 0 radical (unpaired) electrons. The van der Waals surface area contributed by atoms with E-state index in [9.17, 15) is 4.79 Å². The first-order chi connectivity index (χ1) is 13.1. The van der Waals surface area contributed by atoms with Crippen LogP contribution in [0, 0.1) is 5.92 Å². The molecule has 3 aromatic rings. The Hall–Kier alpha value is -2.89. The lowest BCUT2D eigenvalue weighted by atomic mass is 10.0. The molecule has 140 valence electrons. The molecule has 0 aliphatic heterocycles. The average molecular weight is 363 g/mol. The van der Waals surface area contributed by atoms with Gasteiger partial charge in [0, 0.05) is 35.9 Å². The van der Waals surface area contributed by atoms with E-state index in [1.54, 1.807) is 12.4 Å². The Bertz CT molecular complexity index is 945. The van der Waals surface area contributed by atoms with Gasteiger partial charge in [0.2, 0.25) is 0 Å². The number of carbonyl (C=O) groups excluding carboxylic acids is 1. The summed E-state index contributed by atoms with van der Waals surface area (Å²) in [5.74, 6) is 0.729. The molecule has 4 rings (SSSR count). The summed E-state index contributed by atoms with van der Waals surface area (Å²) >= 11 is 0. The fraction of sp³-hybridized carbons (Fsp3) is 0.381. The highest BCUT2D eigenvalue weighted by Gasteiger charge is 2.22. The van der Waals surface area contributed by atoms with Gasteiger partial charge >= 0.3 is 0 Å². The SMILES string of the molecule is CC(C)Nc1c(C(=O)NCCC2CC2)cnc2ccc(-c3cn[nH]c3)cc12. The second-order valence-electron chi connectivity index (χ2n) is 7.55. The van der Waals surface area contributed by atoms with Crippen LogP contribution in [0.25, 0.3) is 22.0 Å². The van der Waals surface area contributed by atoms with Crippen LogP contribution in [0.1, 0.15) is 43.5 Å². The van der Waals surface area contributed by atoms with Gasteiger partial charge in [0.1, 0.15) is 0 Å². The van der Waals surface area contributed by atoms with Gasteiger partial charge in [-0.2, -0.15) is 5.10 Å². The summed E-state index contributed by atoms with van der Waals surface area (Å²) in [6.45, 7) is 4.86. The molecule has 27 heavy (non-hydrogen) atoms. The van der Waals surface area contributed by atoms with Crippen molar-refractivity contribution in [3.8, 4) is 11.1 Å². The second kappa shape index (κ2) is 7.39. The molecule has 0 unspecified atom stereocenters. The maximum Gasteiger partial charge on any atom is 0.254 e. The van der Waals surface area contributed by atoms with Gasteiger partial charge in [-0.05, 0) is 43.9 Å². The van der Waals surface area contributed by atoms with Crippen molar-refractivity contribution in [3.05, 3.63) is 42.4 Å². The Morgan fingerprint density at radius 1 is 1.26 bits per heavy atom. The van der Waals surface area contributed by atoms with Gasteiger partial charge in [0.05, 0.1) is 23.0 Å². The van der Waals surface area contributed by atoms with Crippen LogP contribution in [0.3, 0.4) is 0 Å². The van der Waals surface area contributed by atoms with Crippen molar-refractivity contribution in [1.82, 2.24) is 20.5 Å². The smallest absolute Gasteiger partial charge is 0.254 e. The molecule has 0 spiro atoms. The zero-order valence-corrected chi connectivity index (χ0v) is 15.7. The molecule has 1 fully saturated rings. The van der Waals surface area contributed by atoms with Gasteiger partial charge in [-0.15, -0.1) is 0 Å². The number of fused-ring (bicyclic) bond motifs is 1. The second-order valence-corrected chi connectivity index (χ2v) is 7.55. The van der Waals surface area contributed by atoms with E-state index < -0.39 is 0 Å². The molecule has 6 heteroatoms. The lowest BCUT2D eigenvalue weighted by molar-refractivity contribution is 0.0953. The lowest BCUT2D eigenvalue weighted by Crippen LogP contribution is -2.26. The van der Waals surface area contributed by atoms with Crippen LogP contribution in [0.4, 0.5) is 5.69 Å². The van der Waals surface area contributed by atoms with Crippen LogP contribution < -0.4 is 10.6 Å². The minimum absolute atomic E-state index is 0.0677. The predicted octanol–water partition coefficient (Wildman–Crippen LogP) is 3.98. The molecule has 1 aliphatic rings. The number of nitrogens with one attached hydrogen (secondary N) is 3. The molecule has 1 aliphatic carbocycles. The number of amides is 1. The molecule has 3 N–H and O–H groups in total. The van der Waals surface area contributed by atoms with Gasteiger partial charge in [-0.3, -0.25) is 14.9 Å². The highest BCUT2D eigenvalue weighted by atomic mass is 16.1. The van der Waals surface area contributed by atoms with Gasteiger partial charge in [0.25, 0.3) is 5.91 Å². The Labute approximate surface area is 158 Å². The quantitative estimate of drug-likeness (QED) is 0.593. The average Bonchev–Trinajstić information content (AvgIpc) is 3.31. The number of H-pyrrole nitrogens is 1. The largest absolute Gasteiger partial charge is 0.382 e. The molecule has 1 amide bonds. The monoisotopic (exact) mass is 363 g/mol. The van der Waals surface area contributed by atoms with E-state index in [2.05, 4.69) is 45.7 Å². The third-order valence-electron chi connectivity index (χ3n) is 4.91. The number of aromatic amines is 1. The molecule has 0 atom stereocenters. The highest BCUT2D eigenvalue weighted by Crippen LogP contribution is 2.32. The molecule has 1 saturated carbocycles. The fourth-order valence-corrected chi connectivity index (χ4v) is 3.29. The maximum absolute atomic E-state index is 12.8. The number of pyridine rings is 1. The lowest BCUT2D eigenvalue weighted by Gasteiger charge is -2.17. The molecule has 6 nitrogen and oxygen atoms in total. The third kappa shape index (κ3) is 3.94. The van der Waals surface area contributed by atoms with Crippen molar-refractivity contribution in [2.45, 2.75) is 39.2 Å². The van der Waals surface area contributed by atoms with Crippen molar-refractivity contribution < 1.29 is 4.79 Å². The van der Waals surface area contributed by atoms with Crippen molar-refractivity contribution in [3.63, 3.8) is 0 Å². The van der Waals surface area contributed by atoms with E-state index >= 15 is 0 Å². The summed E-state index contributed by atoms with van der Waals surface area (Å²) in [7, 11) is 0. The molecular formula is C21H25N5O. The Kier molecular flexibility index (Phi) is 4.79. The van der Waals surface area contributed by atoms with Crippen LogP contribution >= 0.6 is 0 Å². The zero-order chi connectivity index (χ0) is 18.8. The van der Waals surface area contributed by atoms with Crippen molar-refractivity contribution >= 4 is 22.5 Å². The van der Waals surface area contributed by atoms with Gasteiger partial charge < -0.3 is 10.6 Å². The number of hydrogen-bond acceptors (Lipinski definition) is 4. The summed E-state index contributed by atoms with van der Waals surface area (Å²) in [4.78, 5) is 17.3. The van der Waals surface area contributed by atoms with Crippen molar-refractivity contribution in [1.29, 1.82) is 0 Å². The number of aromatic nitrogens is 3. The maximum atomic E-state index is 12.8. The standard InChI is InChI=1S/C21H25N5O/c1-13(2)26-20-17-9-15(16-10-24-25-11-16)5-6-19(17)23-12-18(20)21(27)22-8-7-14-3-4-14/h5-6,9-14H,3-4,7-8H2,1-2H3,(H,22,27)(H,23,26)(H,24,25). The molecular weight excluding hydrogens is 338 g/mol. The Morgan fingerprint density at radius 2 is 2.11 bits per heavy atom. The first-order valence-corrected chi connectivity index (χ1v) is 9.58. The van der Waals surface area contributed by atoms with E-state index in [-0.39, 0.29) is 11.9 Å². The van der Waals surface area contributed by atoms with Crippen LogP contribution in [0.5, 0.6) is 0 Å². The summed E-state index contributed by atoms with van der Waals surface area (Å²) in [5, 5.41) is 14.3. The van der Waals surface area contributed by atoms with E-state index in [1.807, 2.05) is 18.3 Å². The molecule has 0 bridgehead atoms. The number of anilines is 1. The number of hydrogen-bond donors (Lipinski definition) is 3. The first kappa shape index (κ1) is 17.5. The Balaban J connectivity index is 1.71. The van der Waals surface area contributed by atoms with Gasteiger partial charge in [0.15, 0.2) is 0 Å². The van der Waals surface area contributed by atoms with E-state index in [0.29, 0.717) is 5.56 Å². The van der Waals surface area contributed by atoms with Crippen LogP contribution in [-0.4, -0.2) is 33.7 Å². The fourth-order valence-electron chi connectivity index (χ4n) is 3.29. The number of nitrogens with zero attached hydrogens (tertiary/aromatic N) is 2. The summed E-state index contributed by atoms with van der Waals surface area (Å²) in [6, 6.07) is 6.28. The van der Waals surface area contributed by atoms with Crippen LogP contribution in [-0.2, 0) is 0 Å². The first-order valence-electron chi connectivity index (χ1n) is 9.58. The summed E-state index contributed by atoms with van der Waals surface area (Å²) in [6.07, 6.45) is 8.98. The third-order valence-corrected chi connectivity index (χ3v) is 4.91. The number of carbonyl (C=O) groups is 1. The zero-order valence-electron chi connectivity index (χ0n) is 15.7. The minimum atomic E-state index is -0.0677. The van der Waals surface area contributed by atoms with E-state index in [1.165, 1.54) is 12.8 Å². The highest BCUT2D eigenvalue weighted by molar-refractivity contribution is 6.07. The van der Waals surface area contributed by atoms with Crippen LogP contribution in [0.2, 0.25) is 0 Å². The molecule has 2 aromatic heterocycles. The van der Waals surface area contributed by atoms with Gasteiger partial charge in [-0.25, -0.2) is 0 Å². The number of rotatable bonds is 7. The molecule has 2 heterocycles. The van der Waals surface area contributed by atoms with Gasteiger partial charge in [-0.1, -0.05) is 18.9 Å². The summed E-state index contributed by atoms with van der Waals surface area (Å²) < 4.78 is 0. The topological polar surface area (TPSA) is 82.7 Å². The van der Waals surface area contributed by atoms with E-state index in [4.69, 9.17) is 0 Å². The van der Waals surface area contributed by atoms with Crippen molar-refractivity contribution in [2.75, 3.05) is 11.9 Å². The van der Waals surface area contributed by atoms with Crippen LogP contribution in [0.15, 0.2) is 36.8 Å². The minimum Gasteiger partial charge on any atom is -0.382 e. The van der Waals surface area contributed by atoms with E-state index in [0.717, 1.165) is 46.6 Å². The number of benzene rings is 1. The van der Waals surface area contributed by atoms with Crippen molar-refractivity contribution in [2.24, 2.45) is 5.92 Å². The predicted molar refractivity (Wildman–Crippen MR) is 108 cm³/mol. The normalized spacial score (nSPS) is 13.9. The Morgan fingerprint density at radius 3 is 2.81 bits per heavy atom.